The van der Waals surface area contributed by atoms with Gasteiger partial charge < -0.3 is 0 Å². The van der Waals surface area contributed by atoms with Crippen molar-refractivity contribution in [3.05, 3.63) is 132 Å². The van der Waals surface area contributed by atoms with Gasteiger partial charge in [0, 0.05) is 22.6 Å². The third-order valence-corrected chi connectivity index (χ3v) is 10.7. The summed E-state index contributed by atoms with van der Waals surface area (Å²) in [6, 6.07) is 38.8. The molecular formula is C35H24Br2N2. The highest BCUT2D eigenvalue weighted by Crippen LogP contribution is 2.63. The first-order valence-electron chi connectivity index (χ1n) is 13.4. The van der Waals surface area contributed by atoms with Crippen molar-refractivity contribution in [1.82, 2.24) is 9.97 Å². The van der Waals surface area contributed by atoms with Crippen LogP contribution in [0.4, 0.5) is 0 Å². The van der Waals surface area contributed by atoms with Crippen LogP contribution in [-0.2, 0) is 0 Å². The van der Waals surface area contributed by atoms with Crippen molar-refractivity contribution >= 4 is 53.7 Å². The van der Waals surface area contributed by atoms with Crippen molar-refractivity contribution in [2.75, 3.05) is 0 Å². The monoisotopic (exact) mass is 630 g/mol. The second-order valence-electron chi connectivity index (χ2n) is 10.6. The van der Waals surface area contributed by atoms with E-state index in [-0.39, 0.29) is 21.5 Å². The minimum atomic E-state index is 0.104. The summed E-state index contributed by atoms with van der Waals surface area (Å²) in [5.41, 5.74) is 12.2. The predicted molar refractivity (Wildman–Crippen MR) is 168 cm³/mol. The van der Waals surface area contributed by atoms with Gasteiger partial charge in [0.15, 0.2) is 0 Å². The minimum Gasteiger partial charge on any atom is -0.252 e. The van der Waals surface area contributed by atoms with Gasteiger partial charge in [-0.1, -0.05) is 129 Å². The Labute approximate surface area is 244 Å². The molecule has 0 unspecified atom stereocenters. The molecule has 8 rings (SSSR count). The Kier molecular flexibility index (Phi) is 5.50. The Balaban J connectivity index is 1.45. The zero-order chi connectivity index (χ0) is 26.1. The average Bonchev–Trinajstić information content (AvgIpc) is 2.99. The third-order valence-electron chi connectivity index (χ3n) is 8.51. The number of pyridine rings is 2. The predicted octanol–water partition coefficient (Wildman–Crippen LogP) is 10.3. The number of nitrogens with zero attached hydrogens (tertiary/aromatic N) is 2. The molecule has 0 spiro atoms. The molecule has 0 fully saturated rings. The fraction of sp³-hybridized carbons (Fsp3) is 0.143. The normalized spacial score (nSPS) is 21.5. The highest BCUT2D eigenvalue weighted by Gasteiger charge is 2.47. The Morgan fingerprint density at radius 2 is 0.872 bits per heavy atom. The van der Waals surface area contributed by atoms with Crippen molar-refractivity contribution < 1.29 is 0 Å². The summed E-state index contributed by atoms with van der Waals surface area (Å²) in [6.07, 6.45) is 1.00. The molecule has 0 amide bonds. The number of para-hydroxylation sites is 2. The van der Waals surface area contributed by atoms with E-state index in [9.17, 15) is 0 Å². The lowest BCUT2D eigenvalue weighted by Gasteiger charge is -2.44. The van der Waals surface area contributed by atoms with Crippen LogP contribution >= 0.6 is 31.9 Å². The lowest BCUT2D eigenvalue weighted by atomic mass is 9.67. The van der Waals surface area contributed by atoms with Crippen LogP contribution in [0.3, 0.4) is 0 Å². The second-order valence-corrected chi connectivity index (χ2v) is 12.6. The molecule has 4 heteroatoms. The SMILES string of the molecule is Br[C@H]1c2c(nc3ccccc3c2-c2ccccc2)[C@H]2C[C@@H]1c1nc3ccccc3c(-c3ccccc3)c1[C@@H]2Br. The van der Waals surface area contributed by atoms with Crippen molar-refractivity contribution in [2.24, 2.45) is 0 Å². The zero-order valence-electron chi connectivity index (χ0n) is 21.1. The summed E-state index contributed by atoms with van der Waals surface area (Å²) in [6.45, 7) is 0. The minimum absolute atomic E-state index is 0.104. The van der Waals surface area contributed by atoms with Gasteiger partial charge in [0.05, 0.1) is 32.1 Å². The van der Waals surface area contributed by atoms with Gasteiger partial charge in [0.25, 0.3) is 0 Å². The van der Waals surface area contributed by atoms with Crippen molar-refractivity contribution in [2.45, 2.75) is 27.9 Å². The van der Waals surface area contributed by atoms with Crippen LogP contribution in [0.5, 0.6) is 0 Å². The standard InChI is InChI=1S/C35H24Br2N2/c36-32-24-19-25(34-30(32)28(20-11-3-1-4-12-20)22-15-7-9-17-26(22)38-34)33(37)31-29(21-13-5-2-6-14-21)23-16-8-10-18-27(23)39-35(24)31/h1-18,24-25,32-33H,19H2/t24-,25-,32+,33+/m0/s1. The van der Waals surface area contributed by atoms with Gasteiger partial charge in [-0.3, -0.25) is 9.97 Å². The van der Waals surface area contributed by atoms with Crippen molar-refractivity contribution in [3.63, 3.8) is 0 Å². The summed E-state index contributed by atoms with van der Waals surface area (Å²) in [5, 5.41) is 2.41. The molecular weight excluding hydrogens is 608 g/mol. The number of aromatic nitrogens is 2. The summed E-state index contributed by atoms with van der Waals surface area (Å²) in [7, 11) is 0. The van der Waals surface area contributed by atoms with Gasteiger partial charge in [-0.15, -0.1) is 0 Å². The van der Waals surface area contributed by atoms with E-state index < -0.39 is 0 Å². The number of halogens is 2. The number of hydrogen-bond donors (Lipinski definition) is 0. The van der Waals surface area contributed by atoms with E-state index in [0.29, 0.717) is 0 Å². The van der Waals surface area contributed by atoms with Gasteiger partial charge in [0.1, 0.15) is 0 Å². The second kappa shape index (κ2) is 9.11. The largest absolute Gasteiger partial charge is 0.252 e. The molecule has 6 aromatic rings. The van der Waals surface area contributed by atoms with Gasteiger partial charge >= 0.3 is 0 Å². The first-order chi connectivity index (χ1) is 19.2. The van der Waals surface area contributed by atoms with Gasteiger partial charge in [-0.25, -0.2) is 0 Å². The number of fused-ring (bicyclic) bond motifs is 8. The average molecular weight is 632 g/mol. The van der Waals surface area contributed by atoms with Crippen molar-refractivity contribution in [1.29, 1.82) is 0 Å². The summed E-state index contributed by atoms with van der Waals surface area (Å²) in [5.74, 6) is 0.479. The van der Waals surface area contributed by atoms with Crippen LogP contribution in [-0.4, -0.2) is 9.97 Å². The lowest BCUT2D eigenvalue weighted by molar-refractivity contribution is 0.437. The molecule has 2 bridgehead atoms. The first kappa shape index (κ1) is 23.5. The van der Waals surface area contributed by atoms with E-state index in [1.165, 1.54) is 55.5 Å². The summed E-state index contributed by atoms with van der Waals surface area (Å²) < 4.78 is 0. The highest BCUT2D eigenvalue weighted by molar-refractivity contribution is 9.09. The van der Waals surface area contributed by atoms with E-state index in [1.807, 2.05) is 0 Å². The molecule has 2 aliphatic carbocycles. The summed E-state index contributed by atoms with van der Waals surface area (Å²) in [4.78, 5) is 11.0. The van der Waals surface area contributed by atoms with Crippen LogP contribution in [0.15, 0.2) is 109 Å². The van der Waals surface area contributed by atoms with E-state index >= 15 is 0 Å². The molecule has 0 N–H and O–H groups in total. The lowest BCUT2D eigenvalue weighted by Crippen LogP contribution is -2.30. The maximum absolute atomic E-state index is 5.38. The Bertz CT molecular complexity index is 1750. The highest BCUT2D eigenvalue weighted by atomic mass is 79.9. The maximum atomic E-state index is 5.38. The number of rotatable bonds is 2. The number of alkyl halides is 2. The quantitative estimate of drug-likeness (QED) is 0.178. The third kappa shape index (κ3) is 3.51. The van der Waals surface area contributed by atoms with Gasteiger partial charge in [-0.05, 0) is 51.9 Å². The van der Waals surface area contributed by atoms with Crippen LogP contribution in [0.25, 0.3) is 44.1 Å². The van der Waals surface area contributed by atoms with Crippen molar-refractivity contribution in [3.8, 4) is 22.3 Å². The molecule has 0 saturated heterocycles. The molecule has 2 aliphatic rings. The van der Waals surface area contributed by atoms with Gasteiger partial charge in [0.2, 0.25) is 0 Å². The molecule has 0 saturated carbocycles. The van der Waals surface area contributed by atoms with E-state index in [2.05, 4.69) is 141 Å². The molecule has 4 aromatic carbocycles. The summed E-state index contributed by atoms with van der Waals surface area (Å²) >= 11 is 8.50. The zero-order valence-corrected chi connectivity index (χ0v) is 24.2. The van der Waals surface area contributed by atoms with Crippen LogP contribution in [0.2, 0.25) is 0 Å². The smallest absolute Gasteiger partial charge is 0.0711 e. The van der Waals surface area contributed by atoms with Gasteiger partial charge in [-0.2, -0.15) is 0 Å². The number of hydrogen-bond acceptors (Lipinski definition) is 2. The van der Waals surface area contributed by atoms with E-state index in [0.717, 1.165) is 17.5 Å². The van der Waals surface area contributed by atoms with E-state index in [4.69, 9.17) is 9.97 Å². The molecule has 39 heavy (non-hydrogen) atoms. The Morgan fingerprint density at radius 3 is 1.31 bits per heavy atom. The van der Waals surface area contributed by atoms with Crippen LogP contribution in [0, 0.1) is 0 Å². The topological polar surface area (TPSA) is 25.8 Å². The molecule has 0 aliphatic heterocycles. The van der Waals surface area contributed by atoms with Crippen LogP contribution < -0.4 is 0 Å². The number of benzene rings is 4. The fourth-order valence-electron chi connectivity index (χ4n) is 6.86. The fourth-order valence-corrected chi connectivity index (χ4v) is 8.72. The molecule has 2 nitrogen and oxygen atoms in total. The van der Waals surface area contributed by atoms with E-state index in [1.54, 1.807) is 0 Å². The molecule has 0 radical (unpaired) electrons. The maximum Gasteiger partial charge on any atom is 0.0711 e. The first-order valence-corrected chi connectivity index (χ1v) is 15.3. The molecule has 188 valence electrons. The molecule has 2 aromatic heterocycles. The molecule has 2 heterocycles. The molecule has 4 atom stereocenters. The Morgan fingerprint density at radius 1 is 0.487 bits per heavy atom. The van der Waals surface area contributed by atoms with Crippen LogP contribution in [0.1, 0.15) is 50.4 Å². The Hall–Kier alpha value is -3.34.